The lowest BCUT2D eigenvalue weighted by molar-refractivity contribution is 0.580. The Morgan fingerprint density at radius 2 is 2.12 bits per heavy atom. The zero-order valence-electron chi connectivity index (χ0n) is 14.8. The van der Waals surface area contributed by atoms with Crippen LogP contribution in [0, 0.1) is 17.6 Å². The van der Waals surface area contributed by atoms with Gasteiger partial charge in [0.2, 0.25) is 0 Å². The van der Waals surface area contributed by atoms with E-state index in [0.717, 1.165) is 30.9 Å². The number of nitrogens with one attached hydrogen (secondary N) is 2. The fourth-order valence-corrected chi connectivity index (χ4v) is 3.49. The molecule has 4 nitrogen and oxygen atoms in total. The smallest absolute Gasteiger partial charge is 0.191 e. The van der Waals surface area contributed by atoms with Gasteiger partial charge >= 0.3 is 0 Å². The van der Waals surface area contributed by atoms with E-state index in [1.807, 2.05) is 4.90 Å². The van der Waals surface area contributed by atoms with Crippen LogP contribution in [0.4, 0.5) is 14.5 Å². The first kappa shape index (κ1) is 20.2. The summed E-state index contributed by atoms with van der Waals surface area (Å²) in [4.78, 5) is 6.26. The largest absolute Gasteiger partial charge is 0.367 e. The number of anilines is 1. The summed E-state index contributed by atoms with van der Waals surface area (Å²) in [5.41, 5.74) is 0.467. The van der Waals surface area contributed by atoms with Crippen molar-refractivity contribution in [2.24, 2.45) is 10.9 Å². The van der Waals surface area contributed by atoms with Crippen LogP contribution in [0.1, 0.15) is 32.6 Å². The van der Waals surface area contributed by atoms with Crippen molar-refractivity contribution >= 4 is 35.6 Å². The lowest BCUT2D eigenvalue weighted by atomic mass is 10.2. The average molecular weight is 464 g/mol. The topological polar surface area (TPSA) is 39.7 Å². The molecule has 1 aromatic carbocycles. The monoisotopic (exact) mass is 464 g/mol. The molecule has 0 spiro atoms. The molecule has 7 heteroatoms. The molecule has 0 radical (unpaired) electrons. The van der Waals surface area contributed by atoms with E-state index in [2.05, 4.69) is 22.5 Å². The van der Waals surface area contributed by atoms with Gasteiger partial charge in [-0.2, -0.15) is 0 Å². The van der Waals surface area contributed by atoms with Gasteiger partial charge in [0, 0.05) is 38.3 Å². The van der Waals surface area contributed by atoms with Gasteiger partial charge in [-0.3, -0.25) is 4.99 Å². The van der Waals surface area contributed by atoms with Crippen LogP contribution in [0.15, 0.2) is 23.2 Å². The van der Waals surface area contributed by atoms with Gasteiger partial charge < -0.3 is 15.5 Å². The minimum Gasteiger partial charge on any atom is -0.367 e. The second kappa shape index (κ2) is 9.00. The van der Waals surface area contributed by atoms with Crippen LogP contribution in [-0.2, 0) is 0 Å². The molecule has 140 valence electrons. The maximum absolute atomic E-state index is 13.9. The van der Waals surface area contributed by atoms with Crippen LogP contribution in [-0.4, -0.2) is 38.2 Å². The zero-order valence-corrected chi connectivity index (χ0v) is 17.1. The van der Waals surface area contributed by atoms with Crippen LogP contribution in [0.5, 0.6) is 0 Å². The highest BCUT2D eigenvalue weighted by Crippen LogP contribution is 2.34. The third-order valence-electron chi connectivity index (χ3n) is 4.91. The van der Waals surface area contributed by atoms with Gasteiger partial charge in [0.15, 0.2) is 5.96 Å². The second-order valence-electron chi connectivity index (χ2n) is 6.78. The Labute approximate surface area is 165 Å². The molecule has 3 unspecified atom stereocenters. The fraction of sp³-hybridized carbons (Fsp3) is 0.611. The average Bonchev–Trinajstić information content (AvgIpc) is 3.10. The molecule has 2 fully saturated rings. The SMILES string of the molecule is CCCC1CC1NC(=NC)NC1CCN(c2ccc(F)cc2F)C1.I. The number of nitrogens with zero attached hydrogens (tertiary/aromatic N) is 2. The fourth-order valence-electron chi connectivity index (χ4n) is 3.49. The van der Waals surface area contributed by atoms with Crippen LogP contribution in [0.25, 0.3) is 0 Å². The lowest BCUT2D eigenvalue weighted by Gasteiger charge is -2.21. The maximum atomic E-state index is 13.9. The van der Waals surface area contributed by atoms with Gasteiger partial charge in [0.25, 0.3) is 0 Å². The summed E-state index contributed by atoms with van der Waals surface area (Å²) in [5, 5.41) is 6.90. The summed E-state index contributed by atoms with van der Waals surface area (Å²) < 4.78 is 27.0. The maximum Gasteiger partial charge on any atom is 0.191 e. The van der Waals surface area contributed by atoms with Gasteiger partial charge in [-0.1, -0.05) is 13.3 Å². The van der Waals surface area contributed by atoms with Gasteiger partial charge in [-0.25, -0.2) is 8.78 Å². The van der Waals surface area contributed by atoms with Crippen LogP contribution in [0.2, 0.25) is 0 Å². The third kappa shape index (κ3) is 5.18. The van der Waals surface area contributed by atoms with Gasteiger partial charge in [-0.05, 0) is 37.3 Å². The number of benzene rings is 1. The molecule has 25 heavy (non-hydrogen) atoms. The molecule has 2 aliphatic rings. The molecule has 3 atom stereocenters. The molecule has 0 bridgehead atoms. The van der Waals surface area contributed by atoms with Crippen molar-refractivity contribution in [1.29, 1.82) is 0 Å². The highest BCUT2D eigenvalue weighted by molar-refractivity contribution is 14.0. The van der Waals surface area contributed by atoms with Crippen LogP contribution >= 0.6 is 24.0 Å². The Morgan fingerprint density at radius 3 is 2.80 bits per heavy atom. The van der Waals surface area contributed by atoms with E-state index in [-0.39, 0.29) is 30.0 Å². The predicted octanol–water partition coefficient (Wildman–Crippen LogP) is 3.52. The van der Waals surface area contributed by atoms with E-state index in [9.17, 15) is 8.78 Å². The quantitative estimate of drug-likeness (QED) is 0.398. The number of guanidine groups is 1. The Hall–Kier alpha value is -1.12. The molecule has 1 aromatic rings. The zero-order chi connectivity index (χ0) is 17.1. The number of hydrogen-bond donors (Lipinski definition) is 2. The molecule has 0 aromatic heterocycles. The highest BCUT2D eigenvalue weighted by Gasteiger charge is 2.37. The molecule has 1 aliphatic heterocycles. The second-order valence-corrected chi connectivity index (χ2v) is 6.78. The first-order valence-electron chi connectivity index (χ1n) is 8.80. The first-order valence-corrected chi connectivity index (χ1v) is 8.80. The number of hydrogen-bond acceptors (Lipinski definition) is 2. The predicted molar refractivity (Wildman–Crippen MR) is 109 cm³/mol. The van der Waals surface area contributed by atoms with Crippen molar-refractivity contribution in [2.45, 2.75) is 44.7 Å². The van der Waals surface area contributed by atoms with Crippen molar-refractivity contribution in [3.8, 4) is 0 Å². The van der Waals surface area contributed by atoms with Crippen molar-refractivity contribution in [3.63, 3.8) is 0 Å². The van der Waals surface area contributed by atoms with Gasteiger partial charge in [-0.15, -0.1) is 24.0 Å². The summed E-state index contributed by atoms with van der Waals surface area (Å²) in [7, 11) is 1.78. The van der Waals surface area contributed by atoms with Crippen LogP contribution in [0.3, 0.4) is 0 Å². The van der Waals surface area contributed by atoms with Crippen molar-refractivity contribution in [1.82, 2.24) is 10.6 Å². The summed E-state index contributed by atoms with van der Waals surface area (Å²) in [6.07, 6.45) is 4.60. The van der Waals surface area contributed by atoms with E-state index < -0.39 is 11.6 Å². The van der Waals surface area contributed by atoms with Crippen molar-refractivity contribution in [2.75, 3.05) is 25.0 Å². The van der Waals surface area contributed by atoms with Crippen LogP contribution < -0.4 is 15.5 Å². The summed E-state index contributed by atoms with van der Waals surface area (Å²) >= 11 is 0. The molecular weight excluding hydrogens is 437 g/mol. The number of rotatable bonds is 5. The first-order chi connectivity index (χ1) is 11.6. The standard InChI is InChI=1S/C18H26F2N4.HI/c1-3-4-12-9-16(12)23-18(21-2)22-14-7-8-24(11-14)17-6-5-13(19)10-15(17)20;/h5-6,10,12,14,16H,3-4,7-9,11H2,1-2H3,(H2,21,22,23);1H. The highest BCUT2D eigenvalue weighted by atomic mass is 127. The number of aliphatic imine (C=N–C) groups is 1. The minimum absolute atomic E-state index is 0. The van der Waals surface area contributed by atoms with E-state index in [1.54, 1.807) is 7.05 Å². The van der Waals surface area contributed by atoms with Gasteiger partial charge in [0.05, 0.1) is 5.69 Å². The summed E-state index contributed by atoms with van der Waals surface area (Å²) in [5.74, 6) is 0.548. The van der Waals surface area contributed by atoms with Crippen molar-refractivity contribution < 1.29 is 8.78 Å². The minimum atomic E-state index is -0.541. The normalized spacial score (nSPS) is 25.5. The van der Waals surface area contributed by atoms with Crippen molar-refractivity contribution in [3.05, 3.63) is 29.8 Å². The Bertz CT molecular complexity index is 611. The molecule has 1 heterocycles. The third-order valence-corrected chi connectivity index (χ3v) is 4.91. The molecule has 3 rings (SSSR count). The van der Waals surface area contributed by atoms with E-state index in [4.69, 9.17) is 0 Å². The molecule has 1 aliphatic carbocycles. The van der Waals surface area contributed by atoms with E-state index in [0.29, 0.717) is 18.3 Å². The molecular formula is C18H27F2IN4. The molecule has 2 N–H and O–H groups in total. The van der Waals surface area contributed by atoms with E-state index in [1.165, 1.54) is 31.4 Å². The Morgan fingerprint density at radius 1 is 1.32 bits per heavy atom. The lowest BCUT2D eigenvalue weighted by Crippen LogP contribution is -2.45. The Balaban J connectivity index is 0.00000225. The molecule has 1 saturated carbocycles. The summed E-state index contributed by atoms with van der Waals surface area (Å²) in [6.45, 7) is 3.65. The summed E-state index contributed by atoms with van der Waals surface area (Å²) in [6, 6.07) is 4.50. The molecule has 1 saturated heterocycles. The Kier molecular flexibility index (Phi) is 7.27. The van der Waals surface area contributed by atoms with Gasteiger partial charge in [0.1, 0.15) is 11.6 Å². The van der Waals surface area contributed by atoms with E-state index >= 15 is 0 Å². The molecule has 0 amide bonds. The number of halogens is 3.